The van der Waals surface area contributed by atoms with Crippen molar-refractivity contribution in [2.75, 3.05) is 0 Å². The van der Waals surface area contributed by atoms with Crippen molar-refractivity contribution >= 4 is 28.6 Å². The summed E-state index contributed by atoms with van der Waals surface area (Å²) in [7, 11) is 0. The van der Waals surface area contributed by atoms with Crippen LogP contribution in [0.15, 0.2) is 0 Å². The minimum atomic E-state index is -0.0338. The molecule has 1 heterocycles. The van der Waals surface area contributed by atoms with Gasteiger partial charge in [-0.15, -0.1) is 0 Å². The van der Waals surface area contributed by atoms with Gasteiger partial charge in [0.05, 0.1) is 15.0 Å². The van der Waals surface area contributed by atoms with Crippen LogP contribution >= 0.6 is 22.6 Å². The zero-order valence-electron chi connectivity index (χ0n) is 6.35. The summed E-state index contributed by atoms with van der Waals surface area (Å²) in [4.78, 5) is 0. The molecule has 1 aromatic rings. The van der Waals surface area contributed by atoms with E-state index < -0.39 is 0 Å². The summed E-state index contributed by atoms with van der Waals surface area (Å²) >= 11 is 2.19. The van der Waals surface area contributed by atoms with Gasteiger partial charge in [0.1, 0.15) is 0 Å². The van der Waals surface area contributed by atoms with Gasteiger partial charge in [-0.25, -0.2) is 4.68 Å². The Morgan fingerprint density at radius 1 is 1.64 bits per heavy atom. The molecule has 0 fully saturated rings. The van der Waals surface area contributed by atoms with E-state index in [2.05, 4.69) is 27.7 Å². The first-order valence-corrected chi connectivity index (χ1v) is 4.18. The predicted octanol–water partition coefficient (Wildman–Crippen LogP) is 0.846. The van der Waals surface area contributed by atoms with E-state index in [9.17, 15) is 0 Å². The molecule has 0 unspecified atom stereocenters. The van der Waals surface area contributed by atoms with Crippen LogP contribution in [-0.4, -0.2) is 15.7 Å². The van der Waals surface area contributed by atoms with Gasteiger partial charge in [-0.1, -0.05) is 0 Å². The van der Waals surface area contributed by atoms with E-state index in [1.165, 1.54) is 4.68 Å². The number of hydrogen-bond acceptors (Lipinski definition) is 2. The van der Waals surface area contributed by atoms with E-state index >= 15 is 0 Å². The van der Waals surface area contributed by atoms with Crippen molar-refractivity contribution in [2.45, 2.75) is 13.8 Å². The molecule has 5 heteroatoms. The first-order chi connectivity index (χ1) is 5.04. The Morgan fingerprint density at radius 3 is 2.36 bits per heavy atom. The van der Waals surface area contributed by atoms with E-state index in [1.807, 2.05) is 13.8 Å². The lowest BCUT2D eigenvalue weighted by Crippen LogP contribution is -2.23. The van der Waals surface area contributed by atoms with E-state index in [0.29, 0.717) is 0 Å². The molecular weight excluding hydrogens is 255 g/mol. The van der Waals surface area contributed by atoms with Gasteiger partial charge < -0.3 is 5.73 Å². The number of nitrogens with two attached hydrogens (primary N) is 1. The summed E-state index contributed by atoms with van der Waals surface area (Å²) < 4.78 is 2.50. The largest absolute Gasteiger partial charge is 0.368 e. The molecule has 0 saturated carbocycles. The molecule has 1 aromatic heterocycles. The maximum Gasteiger partial charge on any atom is 0.213 e. The molecule has 0 aliphatic carbocycles. The molecule has 3 N–H and O–H groups in total. The molecule has 0 atom stereocenters. The number of rotatable bonds is 0. The van der Waals surface area contributed by atoms with Crippen molar-refractivity contribution in [3.8, 4) is 0 Å². The second-order valence-electron chi connectivity index (χ2n) is 2.28. The maximum absolute atomic E-state index is 7.16. The van der Waals surface area contributed by atoms with Gasteiger partial charge in [-0.3, -0.25) is 5.41 Å². The summed E-state index contributed by atoms with van der Waals surface area (Å²) in [5.41, 5.74) is 7.12. The van der Waals surface area contributed by atoms with Crippen LogP contribution in [0.25, 0.3) is 0 Å². The summed E-state index contributed by atoms with van der Waals surface area (Å²) in [5, 5.41) is 11.2. The fourth-order valence-corrected chi connectivity index (χ4v) is 1.19. The fraction of sp³-hybridized carbons (Fsp3) is 0.333. The number of hydrogen-bond donors (Lipinski definition) is 2. The molecule has 0 aliphatic rings. The maximum atomic E-state index is 7.16. The molecule has 0 aromatic carbocycles. The molecule has 0 saturated heterocycles. The smallest absolute Gasteiger partial charge is 0.213 e. The Balaban J connectivity index is 3.29. The molecule has 1 rings (SSSR count). The van der Waals surface area contributed by atoms with E-state index in [1.54, 1.807) is 0 Å². The van der Waals surface area contributed by atoms with Crippen molar-refractivity contribution < 1.29 is 0 Å². The molecule has 11 heavy (non-hydrogen) atoms. The Labute approximate surface area is 78.4 Å². The number of aryl methyl sites for hydroxylation is 1. The Morgan fingerprint density at radius 2 is 2.18 bits per heavy atom. The fourth-order valence-electron chi connectivity index (χ4n) is 0.858. The highest BCUT2D eigenvalue weighted by Crippen LogP contribution is 2.13. The Hall–Kier alpha value is -0.590. The first kappa shape index (κ1) is 8.51. The number of halogens is 1. The molecule has 4 nitrogen and oxygen atoms in total. The molecular formula is C6H9IN4. The summed E-state index contributed by atoms with van der Waals surface area (Å²) in [6, 6.07) is 0. The molecule has 0 spiro atoms. The van der Waals surface area contributed by atoms with Crippen molar-refractivity contribution in [1.29, 1.82) is 5.41 Å². The van der Waals surface area contributed by atoms with Crippen LogP contribution in [0.5, 0.6) is 0 Å². The standard InChI is InChI=1S/C6H9IN4/c1-3-5(7)4(2)11(10-3)6(8)9/h1-2H3,(H3,8,9). The second kappa shape index (κ2) is 2.80. The van der Waals surface area contributed by atoms with Crippen LogP contribution in [-0.2, 0) is 0 Å². The van der Waals surface area contributed by atoms with Crippen LogP contribution in [0, 0.1) is 22.8 Å². The van der Waals surface area contributed by atoms with Crippen LogP contribution < -0.4 is 5.73 Å². The lowest BCUT2D eigenvalue weighted by molar-refractivity contribution is 0.863. The quantitative estimate of drug-likeness (QED) is 0.414. The Bertz CT molecular complexity index is 302. The van der Waals surface area contributed by atoms with Gasteiger partial charge in [0, 0.05) is 0 Å². The Kier molecular flexibility index (Phi) is 2.17. The third-order valence-electron chi connectivity index (χ3n) is 1.43. The topological polar surface area (TPSA) is 67.7 Å². The van der Waals surface area contributed by atoms with E-state index in [-0.39, 0.29) is 5.96 Å². The first-order valence-electron chi connectivity index (χ1n) is 3.10. The summed E-state index contributed by atoms with van der Waals surface area (Å²) in [6.07, 6.45) is 0. The highest BCUT2D eigenvalue weighted by Gasteiger charge is 2.09. The van der Waals surface area contributed by atoms with Gasteiger partial charge in [0.15, 0.2) is 0 Å². The van der Waals surface area contributed by atoms with Gasteiger partial charge in [-0.05, 0) is 36.4 Å². The average Bonchev–Trinajstić information content (AvgIpc) is 2.17. The molecule has 0 bridgehead atoms. The number of aromatic nitrogens is 2. The lowest BCUT2D eigenvalue weighted by Gasteiger charge is -1.97. The highest BCUT2D eigenvalue weighted by atomic mass is 127. The van der Waals surface area contributed by atoms with Gasteiger partial charge in [-0.2, -0.15) is 5.10 Å². The minimum Gasteiger partial charge on any atom is -0.368 e. The monoisotopic (exact) mass is 264 g/mol. The summed E-state index contributed by atoms with van der Waals surface area (Å²) in [6.45, 7) is 3.79. The van der Waals surface area contributed by atoms with Crippen LogP contribution in [0.4, 0.5) is 0 Å². The lowest BCUT2D eigenvalue weighted by atomic mass is 10.4. The zero-order valence-corrected chi connectivity index (χ0v) is 8.51. The molecule has 60 valence electrons. The average molecular weight is 264 g/mol. The van der Waals surface area contributed by atoms with E-state index in [4.69, 9.17) is 11.1 Å². The van der Waals surface area contributed by atoms with Crippen LogP contribution in [0.1, 0.15) is 11.4 Å². The van der Waals surface area contributed by atoms with Crippen molar-refractivity contribution in [1.82, 2.24) is 9.78 Å². The SMILES string of the molecule is Cc1nn(C(=N)N)c(C)c1I. The summed E-state index contributed by atoms with van der Waals surface area (Å²) in [5.74, 6) is -0.0338. The highest BCUT2D eigenvalue weighted by molar-refractivity contribution is 14.1. The van der Waals surface area contributed by atoms with Crippen molar-refractivity contribution in [2.24, 2.45) is 5.73 Å². The molecule has 0 radical (unpaired) electrons. The predicted molar refractivity (Wildman–Crippen MR) is 51.7 cm³/mol. The van der Waals surface area contributed by atoms with Gasteiger partial charge in [0.2, 0.25) is 5.96 Å². The second-order valence-corrected chi connectivity index (χ2v) is 3.36. The van der Waals surface area contributed by atoms with E-state index in [0.717, 1.165) is 15.0 Å². The number of nitrogens with one attached hydrogen (secondary N) is 1. The van der Waals surface area contributed by atoms with Gasteiger partial charge in [0.25, 0.3) is 0 Å². The van der Waals surface area contributed by atoms with Crippen LogP contribution in [0.3, 0.4) is 0 Å². The van der Waals surface area contributed by atoms with Crippen molar-refractivity contribution in [3.63, 3.8) is 0 Å². The molecule has 0 amide bonds. The van der Waals surface area contributed by atoms with Crippen molar-refractivity contribution in [3.05, 3.63) is 15.0 Å². The normalized spacial score (nSPS) is 10.1. The van der Waals surface area contributed by atoms with Crippen LogP contribution in [0.2, 0.25) is 0 Å². The third-order valence-corrected chi connectivity index (χ3v) is 2.99. The number of nitrogens with zero attached hydrogens (tertiary/aromatic N) is 2. The molecule has 0 aliphatic heterocycles. The van der Waals surface area contributed by atoms with Gasteiger partial charge >= 0.3 is 0 Å². The number of nitrogen functional groups attached to an aromatic ring is 1. The third kappa shape index (κ3) is 1.37. The zero-order chi connectivity index (χ0) is 8.59. The minimum absolute atomic E-state index is 0.0338.